The van der Waals surface area contributed by atoms with Gasteiger partial charge in [-0.25, -0.2) is 18.0 Å². The quantitative estimate of drug-likeness (QED) is 0.310. The van der Waals surface area contributed by atoms with E-state index in [-0.39, 0.29) is 10.6 Å². The molecular weight excluding hydrogens is 430 g/mol. The Balaban J connectivity index is 1.85. The highest BCUT2D eigenvalue weighted by atomic mass is 32.2. The Morgan fingerprint density at radius 3 is 2.41 bits per heavy atom. The molecule has 0 fully saturated rings. The number of sulfonamides is 1. The molecular formula is C24H27NO6S. The minimum atomic E-state index is -3.91. The number of carbonyl (C=O) groups is 1. The van der Waals surface area contributed by atoms with Gasteiger partial charge in [-0.3, -0.25) is 0 Å². The SMILES string of the molecule is CCCC[C@@H](NS(=O)(=O)c1ccc(C)cc1)C(=O)Oc1ccc2c(C)c(C)c(=O)oc2c1. The first-order chi connectivity index (χ1) is 15.1. The molecule has 0 aliphatic heterocycles. The normalized spacial score (nSPS) is 12.6. The van der Waals surface area contributed by atoms with Crippen molar-refractivity contribution in [1.82, 2.24) is 4.72 Å². The summed E-state index contributed by atoms with van der Waals surface area (Å²) >= 11 is 0. The third kappa shape index (κ3) is 5.26. The fraction of sp³-hybridized carbons (Fsp3) is 0.333. The number of ether oxygens (including phenoxy) is 1. The number of hydrogen-bond acceptors (Lipinski definition) is 6. The Morgan fingerprint density at radius 1 is 1.06 bits per heavy atom. The maximum absolute atomic E-state index is 12.9. The van der Waals surface area contributed by atoms with Gasteiger partial charge in [-0.05, 0) is 57.0 Å². The highest BCUT2D eigenvalue weighted by Crippen LogP contribution is 2.24. The van der Waals surface area contributed by atoms with Crippen LogP contribution < -0.4 is 15.1 Å². The van der Waals surface area contributed by atoms with E-state index in [1.54, 1.807) is 31.2 Å². The first-order valence-electron chi connectivity index (χ1n) is 10.5. The van der Waals surface area contributed by atoms with Crippen LogP contribution in [0.4, 0.5) is 0 Å². The van der Waals surface area contributed by atoms with Crippen molar-refractivity contribution in [2.75, 3.05) is 0 Å². The smallest absolute Gasteiger partial charge is 0.339 e. The number of fused-ring (bicyclic) bond motifs is 1. The van der Waals surface area contributed by atoms with Crippen molar-refractivity contribution in [2.24, 2.45) is 0 Å². The fourth-order valence-corrected chi connectivity index (χ4v) is 4.50. The number of carbonyl (C=O) groups excluding carboxylic acids is 1. The zero-order valence-electron chi connectivity index (χ0n) is 18.6. The lowest BCUT2D eigenvalue weighted by Gasteiger charge is -2.18. The lowest BCUT2D eigenvalue weighted by Crippen LogP contribution is -2.42. The second-order valence-electron chi connectivity index (χ2n) is 7.85. The first-order valence-corrected chi connectivity index (χ1v) is 12.0. The van der Waals surface area contributed by atoms with Gasteiger partial charge >= 0.3 is 11.6 Å². The van der Waals surface area contributed by atoms with Crippen molar-refractivity contribution in [1.29, 1.82) is 0 Å². The average molecular weight is 458 g/mol. The van der Waals surface area contributed by atoms with Crippen LogP contribution in [0.25, 0.3) is 11.0 Å². The Bertz CT molecular complexity index is 1290. The number of hydrogen-bond donors (Lipinski definition) is 1. The number of aryl methyl sites for hydroxylation is 2. The molecule has 0 saturated heterocycles. The van der Waals surface area contributed by atoms with Gasteiger partial charge in [0.25, 0.3) is 0 Å². The molecule has 3 aromatic rings. The van der Waals surface area contributed by atoms with Crippen molar-refractivity contribution in [3.8, 4) is 5.75 Å². The molecule has 0 radical (unpaired) electrons. The van der Waals surface area contributed by atoms with E-state index in [2.05, 4.69) is 4.72 Å². The van der Waals surface area contributed by atoms with Crippen LogP contribution in [0.3, 0.4) is 0 Å². The molecule has 0 spiro atoms. The van der Waals surface area contributed by atoms with Crippen LogP contribution in [-0.4, -0.2) is 20.4 Å². The predicted octanol–water partition coefficient (Wildman–Crippen LogP) is 4.16. The third-order valence-electron chi connectivity index (χ3n) is 5.41. The number of unbranched alkanes of at least 4 members (excludes halogenated alkanes) is 1. The lowest BCUT2D eigenvalue weighted by atomic mass is 10.1. The zero-order valence-corrected chi connectivity index (χ0v) is 19.4. The Kier molecular flexibility index (Phi) is 7.16. The van der Waals surface area contributed by atoms with E-state index in [4.69, 9.17) is 9.15 Å². The molecule has 8 heteroatoms. The molecule has 1 heterocycles. The van der Waals surface area contributed by atoms with Gasteiger partial charge in [0.05, 0.1) is 4.90 Å². The summed E-state index contributed by atoms with van der Waals surface area (Å²) in [5.41, 5.74) is 2.09. The monoisotopic (exact) mass is 457 g/mol. The van der Waals surface area contributed by atoms with Crippen molar-refractivity contribution in [3.05, 3.63) is 69.6 Å². The van der Waals surface area contributed by atoms with E-state index in [0.717, 1.165) is 22.9 Å². The lowest BCUT2D eigenvalue weighted by molar-refractivity contribution is -0.136. The van der Waals surface area contributed by atoms with Gasteiger partial charge in [0.2, 0.25) is 10.0 Å². The van der Waals surface area contributed by atoms with Crippen LogP contribution in [0.2, 0.25) is 0 Å². The van der Waals surface area contributed by atoms with Gasteiger partial charge in [-0.2, -0.15) is 4.72 Å². The van der Waals surface area contributed by atoms with Gasteiger partial charge in [0.1, 0.15) is 17.4 Å². The predicted molar refractivity (Wildman–Crippen MR) is 122 cm³/mol. The average Bonchev–Trinajstić information content (AvgIpc) is 2.75. The third-order valence-corrected chi connectivity index (χ3v) is 6.89. The number of rotatable bonds is 8. The second-order valence-corrected chi connectivity index (χ2v) is 9.56. The van der Waals surface area contributed by atoms with Crippen LogP contribution >= 0.6 is 0 Å². The van der Waals surface area contributed by atoms with Crippen LogP contribution in [0.15, 0.2) is 56.6 Å². The Morgan fingerprint density at radius 2 is 1.75 bits per heavy atom. The van der Waals surface area contributed by atoms with E-state index in [1.165, 1.54) is 18.2 Å². The van der Waals surface area contributed by atoms with E-state index < -0.39 is 27.7 Å². The van der Waals surface area contributed by atoms with Crippen LogP contribution in [-0.2, 0) is 14.8 Å². The number of benzene rings is 2. The van der Waals surface area contributed by atoms with Crippen LogP contribution in [0.5, 0.6) is 5.75 Å². The van der Waals surface area contributed by atoms with Crippen LogP contribution in [0.1, 0.15) is 42.9 Å². The maximum Gasteiger partial charge on any atom is 0.339 e. The Labute approximate surface area is 187 Å². The summed E-state index contributed by atoms with van der Waals surface area (Å²) in [7, 11) is -3.91. The van der Waals surface area contributed by atoms with E-state index in [0.29, 0.717) is 24.0 Å². The summed E-state index contributed by atoms with van der Waals surface area (Å²) in [5, 5.41) is 0.740. The molecule has 0 aliphatic carbocycles. The summed E-state index contributed by atoms with van der Waals surface area (Å²) < 4.78 is 38.8. The van der Waals surface area contributed by atoms with Crippen molar-refractivity contribution in [2.45, 2.75) is 57.9 Å². The highest BCUT2D eigenvalue weighted by molar-refractivity contribution is 7.89. The topological polar surface area (TPSA) is 103 Å². The van der Waals surface area contributed by atoms with Gasteiger partial charge in [0.15, 0.2) is 0 Å². The van der Waals surface area contributed by atoms with E-state index in [9.17, 15) is 18.0 Å². The van der Waals surface area contributed by atoms with Crippen molar-refractivity contribution in [3.63, 3.8) is 0 Å². The van der Waals surface area contributed by atoms with E-state index in [1.807, 2.05) is 20.8 Å². The first kappa shape index (κ1) is 23.7. The van der Waals surface area contributed by atoms with Crippen molar-refractivity contribution >= 4 is 27.0 Å². The molecule has 0 unspecified atom stereocenters. The number of nitrogens with one attached hydrogen (secondary N) is 1. The molecule has 7 nitrogen and oxygen atoms in total. The standard InChI is InChI=1S/C24H27NO6S/c1-5-6-7-21(25-32(28,29)19-11-8-15(2)9-12-19)24(27)30-18-10-13-20-16(3)17(4)23(26)31-22(20)14-18/h8-14,21,25H,5-7H2,1-4H3/t21-/m1/s1. The molecule has 0 bridgehead atoms. The molecule has 0 saturated carbocycles. The molecule has 1 atom stereocenters. The molecule has 0 aliphatic rings. The van der Waals surface area contributed by atoms with Gasteiger partial charge < -0.3 is 9.15 Å². The van der Waals surface area contributed by atoms with Gasteiger partial charge in [-0.1, -0.05) is 37.5 Å². The van der Waals surface area contributed by atoms with Crippen molar-refractivity contribution < 1.29 is 22.4 Å². The zero-order chi connectivity index (χ0) is 23.5. The summed E-state index contributed by atoms with van der Waals surface area (Å²) in [6.07, 6.45) is 1.72. The largest absolute Gasteiger partial charge is 0.425 e. The fourth-order valence-electron chi connectivity index (χ4n) is 3.29. The van der Waals surface area contributed by atoms with Crippen LogP contribution in [0, 0.1) is 20.8 Å². The Hall–Kier alpha value is -2.97. The number of esters is 1. The summed E-state index contributed by atoms with van der Waals surface area (Å²) in [6, 6.07) is 10.1. The van der Waals surface area contributed by atoms with E-state index >= 15 is 0 Å². The van der Waals surface area contributed by atoms with Gasteiger partial charge in [0, 0.05) is 17.0 Å². The maximum atomic E-state index is 12.9. The summed E-state index contributed by atoms with van der Waals surface area (Å²) in [5.74, 6) is -0.551. The summed E-state index contributed by atoms with van der Waals surface area (Å²) in [4.78, 5) is 24.9. The molecule has 3 rings (SSSR count). The second kappa shape index (κ2) is 9.67. The summed E-state index contributed by atoms with van der Waals surface area (Å²) in [6.45, 7) is 7.32. The molecule has 1 N–H and O–H groups in total. The molecule has 170 valence electrons. The minimum absolute atomic E-state index is 0.0794. The molecule has 32 heavy (non-hydrogen) atoms. The molecule has 1 aromatic heterocycles. The minimum Gasteiger partial charge on any atom is -0.425 e. The molecule has 0 amide bonds. The highest BCUT2D eigenvalue weighted by Gasteiger charge is 2.27. The van der Waals surface area contributed by atoms with Gasteiger partial charge in [-0.15, -0.1) is 0 Å². The molecule has 2 aromatic carbocycles.